The second kappa shape index (κ2) is 6.76. The topological polar surface area (TPSA) is 66.5 Å². The minimum atomic E-state index is -3.86. The Kier molecular flexibility index (Phi) is 4.83. The third kappa shape index (κ3) is 3.69. The van der Waals surface area contributed by atoms with Crippen molar-refractivity contribution in [1.29, 1.82) is 0 Å². The molecule has 3 rings (SSSR count). The van der Waals surface area contributed by atoms with Crippen LogP contribution in [0.5, 0.6) is 0 Å². The number of hydrogen-bond donors (Lipinski definition) is 1. The number of rotatable bonds is 4. The Balaban J connectivity index is 1.86. The standard InChI is InChI=1S/C17H19FN2O3S2/c1-3-16(21)20-7-6-15-12(10-20)9-17(24-15)25(22,23)19-14-8-11(2)4-5-13(14)18/h4-5,8-9,19H,3,6-7,10H2,1-2H3. The summed E-state index contributed by atoms with van der Waals surface area (Å²) < 4.78 is 41.5. The van der Waals surface area contributed by atoms with Crippen LogP contribution >= 0.6 is 11.3 Å². The molecule has 0 saturated heterocycles. The summed E-state index contributed by atoms with van der Waals surface area (Å²) in [4.78, 5) is 14.5. The molecule has 1 aliphatic heterocycles. The number of halogens is 1. The van der Waals surface area contributed by atoms with E-state index in [9.17, 15) is 17.6 Å². The molecule has 2 heterocycles. The number of nitrogens with one attached hydrogen (secondary N) is 1. The van der Waals surface area contributed by atoms with E-state index in [-0.39, 0.29) is 15.8 Å². The zero-order valence-electron chi connectivity index (χ0n) is 14.0. The van der Waals surface area contributed by atoms with E-state index < -0.39 is 15.8 Å². The molecule has 0 radical (unpaired) electrons. The number of carbonyl (C=O) groups excluding carboxylic acids is 1. The highest BCUT2D eigenvalue weighted by atomic mass is 32.2. The SMILES string of the molecule is CCC(=O)N1CCc2sc(S(=O)(=O)Nc3cc(C)ccc3F)cc2C1. The molecule has 0 spiro atoms. The Bertz CT molecular complexity index is 922. The molecule has 2 aromatic rings. The first-order valence-electron chi connectivity index (χ1n) is 7.98. The van der Waals surface area contributed by atoms with Crippen molar-refractivity contribution in [3.8, 4) is 0 Å². The number of amides is 1. The minimum absolute atomic E-state index is 0.0567. The molecule has 25 heavy (non-hydrogen) atoms. The fourth-order valence-electron chi connectivity index (χ4n) is 2.79. The van der Waals surface area contributed by atoms with Crippen molar-refractivity contribution in [1.82, 2.24) is 4.90 Å². The molecular weight excluding hydrogens is 363 g/mol. The molecule has 0 aliphatic carbocycles. The van der Waals surface area contributed by atoms with E-state index in [1.54, 1.807) is 24.0 Å². The van der Waals surface area contributed by atoms with E-state index in [1.807, 2.05) is 6.92 Å². The van der Waals surface area contributed by atoms with Gasteiger partial charge < -0.3 is 4.90 Å². The average Bonchev–Trinajstić information content (AvgIpc) is 3.01. The lowest BCUT2D eigenvalue weighted by atomic mass is 10.1. The van der Waals surface area contributed by atoms with Crippen molar-refractivity contribution in [3.63, 3.8) is 0 Å². The van der Waals surface area contributed by atoms with Gasteiger partial charge in [0, 0.05) is 24.4 Å². The summed E-state index contributed by atoms with van der Waals surface area (Å²) in [5, 5.41) is 0. The first-order chi connectivity index (χ1) is 11.8. The van der Waals surface area contributed by atoms with Gasteiger partial charge in [0.15, 0.2) is 0 Å². The van der Waals surface area contributed by atoms with Crippen LogP contribution in [0.3, 0.4) is 0 Å². The van der Waals surface area contributed by atoms with Gasteiger partial charge in [-0.1, -0.05) is 13.0 Å². The number of nitrogens with zero attached hydrogens (tertiary/aromatic N) is 1. The Morgan fingerprint density at radius 2 is 2.12 bits per heavy atom. The average molecular weight is 382 g/mol. The van der Waals surface area contributed by atoms with Crippen molar-refractivity contribution >= 4 is 33.0 Å². The van der Waals surface area contributed by atoms with Gasteiger partial charge in [0.05, 0.1) is 5.69 Å². The zero-order chi connectivity index (χ0) is 18.2. The van der Waals surface area contributed by atoms with Gasteiger partial charge in [-0.2, -0.15) is 0 Å². The highest BCUT2D eigenvalue weighted by molar-refractivity contribution is 7.94. The van der Waals surface area contributed by atoms with Gasteiger partial charge in [-0.25, -0.2) is 12.8 Å². The van der Waals surface area contributed by atoms with Crippen LogP contribution in [0.15, 0.2) is 28.5 Å². The summed E-state index contributed by atoms with van der Waals surface area (Å²) in [6.45, 7) is 4.59. The second-order valence-corrected chi connectivity index (χ2v) is 9.07. The van der Waals surface area contributed by atoms with E-state index in [0.29, 0.717) is 25.9 Å². The lowest BCUT2D eigenvalue weighted by molar-refractivity contribution is -0.131. The lowest BCUT2D eigenvalue weighted by Crippen LogP contribution is -2.34. The number of sulfonamides is 1. The summed E-state index contributed by atoms with van der Waals surface area (Å²) >= 11 is 1.18. The van der Waals surface area contributed by atoms with Crippen LogP contribution in [0.2, 0.25) is 0 Å². The Morgan fingerprint density at radius 1 is 1.36 bits per heavy atom. The van der Waals surface area contributed by atoms with Gasteiger partial charge in [0.1, 0.15) is 10.0 Å². The summed E-state index contributed by atoms with van der Waals surface area (Å²) in [7, 11) is -3.86. The van der Waals surface area contributed by atoms with E-state index in [1.165, 1.54) is 23.5 Å². The Hall–Kier alpha value is -1.93. The number of fused-ring (bicyclic) bond motifs is 1. The number of anilines is 1. The molecule has 0 saturated carbocycles. The molecule has 134 valence electrons. The zero-order valence-corrected chi connectivity index (χ0v) is 15.6. The third-order valence-electron chi connectivity index (χ3n) is 4.13. The summed E-state index contributed by atoms with van der Waals surface area (Å²) in [6, 6.07) is 5.87. The Morgan fingerprint density at radius 3 is 2.84 bits per heavy atom. The maximum absolute atomic E-state index is 13.9. The number of carbonyl (C=O) groups is 1. The highest BCUT2D eigenvalue weighted by Crippen LogP contribution is 2.32. The number of aryl methyl sites for hydroxylation is 1. The molecule has 1 N–H and O–H groups in total. The van der Waals surface area contributed by atoms with Crippen molar-refractivity contribution in [2.45, 2.75) is 37.4 Å². The first-order valence-corrected chi connectivity index (χ1v) is 10.3. The number of thiophene rings is 1. The molecular formula is C17H19FN2O3S2. The molecule has 1 aromatic heterocycles. The minimum Gasteiger partial charge on any atom is -0.338 e. The molecule has 1 aliphatic rings. The maximum Gasteiger partial charge on any atom is 0.271 e. The van der Waals surface area contributed by atoms with Crippen LogP contribution in [-0.4, -0.2) is 25.8 Å². The molecule has 5 nitrogen and oxygen atoms in total. The van der Waals surface area contributed by atoms with E-state index in [0.717, 1.165) is 16.0 Å². The monoisotopic (exact) mass is 382 g/mol. The predicted octanol–water partition coefficient (Wildman–Crippen LogP) is 3.29. The van der Waals surface area contributed by atoms with Crippen LogP contribution < -0.4 is 4.72 Å². The molecule has 0 atom stereocenters. The highest BCUT2D eigenvalue weighted by Gasteiger charge is 2.26. The molecule has 0 bridgehead atoms. The van der Waals surface area contributed by atoms with Crippen LogP contribution in [0.4, 0.5) is 10.1 Å². The van der Waals surface area contributed by atoms with Gasteiger partial charge in [-0.15, -0.1) is 11.3 Å². The quantitative estimate of drug-likeness (QED) is 0.882. The maximum atomic E-state index is 13.9. The Labute approximate surface area is 150 Å². The van der Waals surface area contributed by atoms with Gasteiger partial charge in [-0.3, -0.25) is 9.52 Å². The van der Waals surface area contributed by atoms with Crippen molar-refractivity contribution in [3.05, 3.63) is 46.1 Å². The van der Waals surface area contributed by atoms with Crippen molar-refractivity contribution < 1.29 is 17.6 Å². The lowest BCUT2D eigenvalue weighted by Gasteiger charge is -2.26. The molecule has 0 fully saturated rings. The largest absolute Gasteiger partial charge is 0.338 e. The van der Waals surface area contributed by atoms with Crippen molar-refractivity contribution in [2.75, 3.05) is 11.3 Å². The van der Waals surface area contributed by atoms with Crippen LogP contribution in [-0.2, 0) is 27.8 Å². The van der Waals surface area contributed by atoms with Crippen LogP contribution in [0.1, 0.15) is 29.3 Å². The summed E-state index contributed by atoms with van der Waals surface area (Å²) in [5.41, 5.74) is 1.55. The molecule has 8 heteroatoms. The van der Waals surface area contributed by atoms with Crippen molar-refractivity contribution in [2.24, 2.45) is 0 Å². The smallest absolute Gasteiger partial charge is 0.271 e. The number of benzene rings is 1. The normalized spacial score (nSPS) is 14.3. The first kappa shape index (κ1) is 17.9. The third-order valence-corrected chi connectivity index (χ3v) is 7.21. The fraction of sp³-hybridized carbons (Fsp3) is 0.353. The summed E-state index contributed by atoms with van der Waals surface area (Å²) in [6.07, 6.45) is 1.07. The van der Waals surface area contributed by atoms with Gasteiger partial charge in [0.2, 0.25) is 5.91 Å². The van der Waals surface area contributed by atoms with E-state index >= 15 is 0 Å². The van der Waals surface area contributed by atoms with E-state index in [4.69, 9.17) is 0 Å². The second-order valence-electron chi connectivity index (χ2n) is 6.02. The van der Waals surface area contributed by atoms with Crippen LogP contribution in [0, 0.1) is 12.7 Å². The predicted molar refractivity (Wildman–Crippen MR) is 95.7 cm³/mol. The number of hydrogen-bond acceptors (Lipinski definition) is 4. The van der Waals surface area contributed by atoms with Gasteiger partial charge in [0.25, 0.3) is 10.0 Å². The molecule has 1 amide bonds. The van der Waals surface area contributed by atoms with Gasteiger partial charge in [-0.05, 0) is 42.7 Å². The fourth-order valence-corrected chi connectivity index (χ4v) is 5.39. The van der Waals surface area contributed by atoms with E-state index in [2.05, 4.69) is 4.72 Å². The molecule has 0 unspecified atom stereocenters. The molecule has 1 aromatic carbocycles. The summed E-state index contributed by atoms with van der Waals surface area (Å²) in [5.74, 6) is -0.559. The van der Waals surface area contributed by atoms with Crippen LogP contribution in [0.25, 0.3) is 0 Å². The van der Waals surface area contributed by atoms with Gasteiger partial charge >= 0.3 is 0 Å².